The molecule has 0 bridgehead atoms. The number of thioether (sulfide) groups is 1. The lowest BCUT2D eigenvalue weighted by Gasteiger charge is -2.00. The van der Waals surface area contributed by atoms with Crippen LogP contribution in [0.15, 0.2) is 6.07 Å². The van der Waals surface area contributed by atoms with E-state index < -0.39 is 5.97 Å². The van der Waals surface area contributed by atoms with Crippen LogP contribution in [0.1, 0.15) is 29.2 Å². The van der Waals surface area contributed by atoms with Gasteiger partial charge in [-0.15, -0.1) is 0 Å². The average molecular weight is 217 g/mol. The molecule has 13 heavy (non-hydrogen) atoms. The Balaban J connectivity index is 2.54. The van der Waals surface area contributed by atoms with Crippen LogP contribution >= 0.6 is 23.3 Å². The lowest BCUT2D eigenvalue weighted by molar-refractivity contribution is 0.0702. The molecule has 0 aliphatic rings. The maximum absolute atomic E-state index is 10.5. The van der Waals surface area contributed by atoms with Crippen molar-refractivity contribution in [1.82, 2.24) is 4.37 Å². The molecule has 0 saturated carbocycles. The third-order valence-corrected chi connectivity index (χ3v) is 3.28. The molecule has 72 valence electrons. The first-order valence-electron chi connectivity index (χ1n) is 3.90. The molecule has 0 radical (unpaired) electrons. The minimum absolute atomic E-state index is 0.319. The minimum Gasteiger partial charge on any atom is -0.477 e. The van der Waals surface area contributed by atoms with Crippen LogP contribution in [0.5, 0.6) is 0 Å². The SMILES string of the molecule is CC(C)SCc1cc(C(=O)O)sn1. The normalized spacial score (nSPS) is 10.7. The fourth-order valence-electron chi connectivity index (χ4n) is 0.733. The van der Waals surface area contributed by atoms with Crippen LogP contribution < -0.4 is 0 Å². The van der Waals surface area contributed by atoms with Gasteiger partial charge in [0, 0.05) is 5.75 Å². The molecule has 0 spiro atoms. The summed E-state index contributed by atoms with van der Waals surface area (Å²) in [5.41, 5.74) is 0.862. The van der Waals surface area contributed by atoms with E-state index >= 15 is 0 Å². The molecule has 0 unspecified atom stereocenters. The van der Waals surface area contributed by atoms with E-state index in [1.807, 2.05) is 0 Å². The molecule has 5 heteroatoms. The van der Waals surface area contributed by atoms with Gasteiger partial charge in [0.25, 0.3) is 0 Å². The monoisotopic (exact) mass is 217 g/mol. The number of aromatic nitrogens is 1. The zero-order chi connectivity index (χ0) is 9.84. The second kappa shape index (κ2) is 4.62. The van der Waals surface area contributed by atoms with Crippen LogP contribution in [-0.4, -0.2) is 20.7 Å². The first-order valence-corrected chi connectivity index (χ1v) is 5.72. The van der Waals surface area contributed by atoms with Crippen LogP contribution in [0.25, 0.3) is 0 Å². The molecule has 0 aromatic carbocycles. The van der Waals surface area contributed by atoms with Gasteiger partial charge in [-0.3, -0.25) is 0 Å². The first kappa shape index (κ1) is 10.5. The van der Waals surface area contributed by atoms with Crippen molar-refractivity contribution >= 4 is 29.3 Å². The van der Waals surface area contributed by atoms with Crippen LogP contribution in [0.4, 0.5) is 0 Å². The molecule has 0 aliphatic heterocycles. The molecule has 1 heterocycles. The summed E-state index contributed by atoms with van der Waals surface area (Å²) in [6.07, 6.45) is 0. The number of aromatic carboxylic acids is 1. The highest BCUT2D eigenvalue weighted by atomic mass is 32.2. The highest BCUT2D eigenvalue weighted by Gasteiger charge is 2.08. The summed E-state index contributed by atoms with van der Waals surface area (Å²) in [7, 11) is 0. The Morgan fingerprint density at radius 2 is 2.46 bits per heavy atom. The van der Waals surface area contributed by atoms with Gasteiger partial charge < -0.3 is 5.11 Å². The highest BCUT2D eigenvalue weighted by Crippen LogP contribution is 2.18. The standard InChI is InChI=1S/C8H11NO2S2/c1-5(2)12-4-6-3-7(8(10)11)13-9-6/h3,5H,4H2,1-2H3,(H,10,11). The van der Waals surface area contributed by atoms with Crippen molar-refractivity contribution in [3.8, 4) is 0 Å². The molecule has 0 saturated heterocycles. The van der Waals surface area contributed by atoms with Crippen LogP contribution in [-0.2, 0) is 5.75 Å². The average Bonchev–Trinajstić information content (AvgIpc) is 2.48. The third kappa shape index (κ3) is 3.36. The van der Waals surface area contributed by atoms with Gasteiger partial charge >= 0.3 is 5.97 Å². The van der Waals surface area contributed by atoms with Gasteiger partial charge in [0.05, 0.1) is 5.69 Å². The van der Waals surface area contributed by atoms with E-state index in [1.54, 1.807) is 17.8 Å². The van der Waals surface area contributed by atoms with Gasteiger partial charge in [-0.2, -0.15) is 16.1 Å². The fraction of sp³-hybridized carbons (Fsp3) is 0.500. The Hall–Kier alpha value is -0.550. The maximum atomic E-state index is 10.5. The summed E-state index contributed by atoms with van der Waals surface area (Å²) in [4.78, 5) is 10.8. The number of hydrogen-bond acceptors (Lipinski definition) is 4. The minimum atomic E-state index is -0.890. The van der Waals surface area contributed by atoms with E-state index in [1.165, 1.54) is 0 Å². The van der Waals surface area contributed by atoms with E-state index in [9.17, 15) is 4.79 Å². The van der Waals surface area contributed by atoms with Gasteiger partial charge in [-0.1, -0.05) is 13.8 Å². The lowest BCUT2D eigenvalue weighted by Crippen LogP contribution is -1.91. The predicted octanol–water partition coefficient (Wildman–Crippen LogP) is 2.48. The van der Waals surface area contributed by atoms with Crippen molar-refractivity contribution in [1.29, 1.82) is 0 Å². The first-order chi connectivity index (χ1) is 6.09. The summed E-state index contributed by atoms with van der Waals surface area (Å²) < 4.78 is 4.05. The lowest BCUT2D eigenvalue weighted by atomic mass is 10.4. The molecular formula is C8H11NO2S2. The summed E-state index contributed by atoms with van der Waals surface area (Å²) >= 11 is 2.81. The number of carboxylic acids is 1. The summed E-state index contributed by atoms with van der Waals surface area (Å²) in [6, 6.07) is 1.64. The molecule has 0 fully saturated rings. The van der Waals surface area contributed by atoms with E-state index in [-0.39, 0.29) is 0 Å². The summed E-state index contributed by atoms with van der Waals surface area (Å²) in [5, 5.41) is 9.19. The smallest absolute Gasteiger partial charge is 0.347 e. The molecule has 1 N–H and O–H groups in total. The topological polar surface area (TPSA) is 50.2 Å². The Morgan fingerprint density at radius 1 is 1.77 bits per heavy atom. The predicted molar refractivity (Wildman–Crippen MR) is 55.5 cm³/mol. The van der Waals surface area contributed by atoms with Gasteiger partial charge in [-0.25, -0.2) is 4.79 Å². The van der Waals surface area contributed by atoms with E-state index in [2.05, 4.69) is 18.2 Å². The number of hydrogen-bond donors (Lipinski definition) is 1. The van der Waals surface area contributed by atoms with Crippen molar-refractivity contribution in [3.05, 3.63) is 16.6 Å². The van der Waals surface area contributed by atoms with Crippen LogP contribution in [0.2, 0.25) is 0 Å². The Kier molecular flexibility index (Phi) is 3.74. The molecule has 1 aromatic rings. The molecule has 1 rings (SSSR count). The van der Waals surface area contributed by atoms with Crippen molar-refractivity contribution in [2.45, 2.75) is 24.9 Å². The van der Waals surface area contributed by atoms with Crippen LogP contribution in [0.3, 0.4) is 0 Å². The number of nitrogens with zero attached hydrogens (tertiary/aromatic N) is 1. The van der Waals surface area contributed by atoms with Crippen molar-refractivity contribution in [2.75, 3.05) is 0 Å². The van der Waals surface area contributed by atoms with Gasteiger partial charge in [-0.05, 0) is 22.8 Å². The number of carbonyl (C=O) groups is 1. The zero-order valence-corrected chi connectivity index (χ0v) is 9.11. The van der Waals surface area contributed by atoms with Crippen molar-refractivity contribution in [3.63, 3.8) is 0 Å². The van der Waals surface area contributed by atoms with Crippen molar-refractivity contribution in [2.24, 2.45) is 0 Å². The van der Waals surface area contributed by atoms with E-state index in [4.69, 9.17) is 5.11 Å². The van der Waals surface area contributed by atoms with E-state index in [0.717, 1.165) is 23.0 Å². The van der Waals surface area contributed by atoms with E-state index in [0.29, 0.717) is 10.1 Å². The second-order valence-electron chi connectivity index (χ2n) is 2.85. The Morgan fingerprint density at radius 3 is 2.92 bits per heavy atom. The largest absolute Gasteiger partial charge is 0.477 e. The second-order valence-corrected chi connectivity index (χ2v) is 5.22. The molecule has 3 nitrogen and oxygen atoms in total. The van der Waals surface area contributed by atoms with Gasteiger partial charge in [0.1, 0.15) is 4.88 Å². The van der Waals surface area contributed by atoms with Crippen LogP contribution in [0, 0.1) is 0 Å². The Labute approximate surface area is 85.3 Å². The third-order valence-electron chi connectivity index (χ3n) is 1.33. The zero-order valence-electron chi connectivity index (χ0n) is 7.48. The molecule has 0 atom stereocenters. The Bertz CT molecular complexity index is 296. The number of rotatable bonds is 4. The highest BCUT2D eigenvalue weighted by molar-refractivity contribution is 7.99. The maximum Gasteiger partial charge on any atom is 0.347 e. The molecule has 1 aromatic heterocycles. The van der Waals surface area contributed by atoms with Gasteiger partial charge in [0.2, 0.25) is 0 Å². The summed E-state index contributed by atoms with van der Waals surface area (Å²) in [6.45, 7) is 4.21. The summed E-state index contributed by atoms with van der Waals surface area (Å²) in [5.74, 6) is -0.0974. The molecule has 0 amide bonds. The van der Waals surface area contributed by atoms with Crippen molar-refractivity contribution < 1.29 is 9.90 Å². The van der Waals surface area contributed by atoms with Gasteiger partial charge in [0.15, 0.2) is 0 Å². The quantitative estimate of drug-likeness (QED) is 0.841. The number of carboxylic acid groups (broad SMARTS) is 1. The fourth-order valence-corrected chi connectivity index (χ4v) is 2.07. The molecule has 0 aliphatic carbocycles. The molecular weight excluding hydrogens is 206 g/mol.